The Hall–Kier alpha value is -2.06. The van der Waals surface area contributed by atoms with Crippen LogP contribution < -0.4 is 5.32 Å². The predicted molar refractivity (Wildman–Crippen MR) is 115 cm³/mol. The molecule has 2 heteroatoms. The second kappa shape index (κ2) is 8.09. The third-order valence-electron chi connectivity index (χ3n) is 5.54. The number of rotatable bonds is 5. The van der Waals surface area contributed by atoms with Crippen LogP contribution in [0.15, 0.2) is 42.5 Å². The van der Waals surface area contributed by atoms with E-state index in [1.54, 1.807) is 0 Å². The second-order valence-electron chi connectivity index (χ2n) is 7.50. The number of nitrogens with one attached hydrogen (secondary N) is 2. The molecule has 138 valence electrons. The van der Waals surface area contributed by atoms with Crippen molar-refractivity contribution in [2.75, 3.05) is 13.1 Å². The normalized spacial score (nSPS) is 16.7. The van der Waals surface area contributed by atoms with Gasteiger partial charge < -0.3 is 10.3 Å². The Morgan fingerprint density at radius 2 is 2.00 bits per heavy atom. The van der Waals surface area contributed by atoms with E-state index in [0.717, 1.165) is 25.1 Å². The fourth-order valence-electron chi connectivity index (χ4n) is 4.38. The van der Waals surface area contributed by atoms with Gasteiger partial charge >= 0.3 is 0 Å². The summed E-state index contributed by atoms with van der Waals surface area (Å²) < 4.78 is 0. The van der Waals surface area contributed by atoms with Gasteiger partial charge in [-0.05, 0) is 87.4 Å². The number of allylic oxidation sites excluding steroid dienone is 5. The fourth-order valence-corrected chi connectivity index (χ4v) is 4.38. The highest BCUT2D eigenvalue weighted by Gasteiger charge is 2.21. The molecular weight excluding hydrogens is 316 g/mol. The van der Waals surface area contributed by atoms with Gasteiger partial charge in [0.05, 0.1) is 0 Å². The molecule has 1 aliphatic heterocycles. The smallest absolute Gasteiger partial charge is 0.0497 e. The molecule has 26 heavy (non-hydrogen) atoms. The molecule has 2 heterocycles. The van der Waals surface area contributed by atoms with Crippen molar-refractivity contribution in [1.29, 1.82) is 0 Å². The highest BCUT2D eigenvalue weighted by Crippen LogP contribution is 2.36. The van der Waals surface area contributed by atoms with Gasteiger partial charge in [-0.25, -0.2) is 0 Å². The Morgan fingerprint density at radius 1 is 1.27 bits per heavy atom. The summed E-state index contributed by atoms with van der Waals surface area (Å²) in [6.07, 6.45) is 9.97. The summed E-state index contributed by atoms with van der Waals surface area (Å²) in [4.78, 5) is 3.70. The van der Waals surface area contributed by atoms with Crippen molar-refractivity contribution in [3.8, 4) is 0 Å². The van der Waals surface area contributed by atoms with E-state index in [2.05, 4.69) is 74.9 Å². The minimum absolute atomic E-state index is 0.685. The summed E-state index contributed by atoms with van der Waals surface area (Å²) in [7, 11) is 0. The third kappa shape index (κ3) is 3.57. The molecule has 1 saturated heterocycles. The van der Waals surface area contributed by atoms with Crippen LogP contribution in [0, 0.1) is 6.92 Å². The number of fused-ring (bicyclic) bond motifs is 1. The van der Waals surface area contributed by atoms with E-state index in [4.69, 9.17) is 0 Å². The van der Waals surface area contributed by atoms with E-state index in [-0.39, 0.29) is 0 Å². The van der Waals surface area contributed by atoms with Crippen LogP contribution in [0.5, 0.6) is 0 Å². The van der Waals surface area contributed by atoms with Gasteiger partial charge in [0.1, 0.15) is 0 Å². The van der Waals surface area contributed by atoms with Gasteiger partial charge in [-0.15, -0.1) is 0 Å². The van der Waals surface area contributed by atoms with Crippen LogP contribution in [0.3, 0.4) is 0 Å². The molecule has 2 N–H and O–H groups in total. The Kier molecular flexibility index (Phi) is 5.83. The molecule has 1 aromatic carbocycles. The quantitative estimate of drug-likeness (QED) is 0.633. The number of aromatic nitrogens is 1. The predicted octanol–water partition coefficient (Wildman–Crippen LogP) is 6.04. The minimum Gasteiger partial charge on any atom is -0.354 e. The Bertz CT molecular complexity index is 858. The van der Waals surface area contributed by atoms with Crippen molar-refractivity contribution in [3.63, 3.8) is 0 Å². The first-order valence-corrected chi connectivity index (χ1v) is 9.91. The number of benzene rings is 1. The van der Waals surface area contributed by atoms with Crippen LogP contribution >= 0.6 is 0 Å². The van der Waals surface area contributed by atoms with Crippen molar-refractivity contribution < 1.29 is 0 Å². The number of aromatic amines is 1. The van der Waals surface area contributed by atoms with E-state index in [1.165, 1.54) is 51.7 Å². The monoisotopic (exact) mass is 348 g/mol. The highest BCUT2D eigenvalue weighted by molar-refractivity contribution is 5.94. The van der Waals surface area contributed by atoms with Crippen LogP contribution in [-0.2, 0) is 6.42 Å². The van der Waals surface area contributed by atoms with Gasteiger partial charge in [-0.3, -0.25) is 0 Å². The molecule has 0 atom stereocenters. The number of piperidine rings is 1. The second-order valence-corrected chi connectivity index (χ2v) is 7.50. The largest absolute Gasteiger partial charge is 0.354 e. The van der Waals surface area contributed by atoms with Crippen molar-refractivity contribution in [2.45, 2.75) is 52.9 Å². The van der Waals surface area contributed by atoms with Crippen LogP contribution in [0.1, 0.15) is 61.9 Å². The van der Waals surface area contributed by atoms with Crippen molar-refractivity contribution in [1.82, 2.24) is 10.3 Å². The van der Waals surface area contributed by atoms with Gasteiger partial charge in [-0.2, -0.15) is 0 Å². The summed E-state index contributed by atoms with van der Waals surface area (Å²) in [5, 5.41) is 4.91. The maximum Gasteiger partial charge on any atom is 0.0497 e. The van der Waals surface area contributed by atoms with E-state index >= 15 is 0 Å². The lowest BCUT2D eigenvalue weighted by Crippen LogP contribution is -2.26. The van der Waals surface area contributed by atoms with Crippen LogP contribution in [0.2, 0.25) is 0 Å². The molecular formula is C24H32N2. The van der Waals surface area contributed by atoms with E-state index in [9.17, 15) is 0 Å². The van der Waals surface area contributed by atoms with Gasteiger partial charge in [0.15, 0.2) is 0 Å². The molecule has 3 rings (SSSR count). The zero-order valence-electron chi connectivity index (χ0n) is 16.7. The van der Waals surface area contributed by atoms with Crippen LogP contribution in [0.25, 0.3) is 16.5 Å². The summed E-state index contributed by atoms with van der Waals surface area (Å²) in [6, 6.07) is 4.64. The van der Waals surface area contributed by atoms with Crippen molar-refractivity contribution in [2.24, 2.45) is 0 Å². The van der Waals surface area contributed by atoms with Gasteiger partial charge in [0, 0.05) is 16.6 Å². The summed E-state index contributed by atoms with van der Waals surface area (Å²) >= 11 is 0. The molecule has 1 aromatic heterocycles. The summed E-state index contributed by atoms with van der Waals surface area (Å²) in [6.45, 7) is 15.0. The molecule has 2 aromatic rings. The molecule has 0 radical (unpaired) electrons. The molecule has 0 amide bonds. The molecule has 0 spiro atoms. The number of hydrogen-bond donors (Lipinski definition) is 2. The zero-order chi connectivity index (χ0) is 18.7. The van der Waals surface area contributed by atoms with Crippen molar-refractivity contribution in [3.05, 3.63) is 64.9 Å². The lowest BCUT2D eigenvalue weighted by Gasteiger charge is -2.25. The highest BCUT2D eigenvalue weighted by atomic mass is 14.9. The van der Waals surface area contributed by atoms with E-state index in [0.29, 0.717) is 5.92 Å². The topological polar surface area (TPSA) is 27.8 Å². The zero-order valence-corrected chi connectivity index (χ0v) is 16.7. The molecule has 1 fully saturated rings. The van der Waals surface area contributed by atoms with Crippen LogP contribution in [-0.4, -0.2) is 18.1 Å². The van der Waals surface area contributed by atoms with Gasteiger partial charge in [0.25, 0.3) is 0 Å². The Balaban J connectivity index is 2.18. The number of H-pyrrole nitrogens is 1. The first kappa shape index (κ1) is 18.7. The molecule has 1 aliphatic rings. The third-order valence-corrected chi connectivity index (χ3v) is 5.54. The fraction of sp³-hybridized carbons (Fsp3) is 0.417. The SMILES string of the molecule is C=C(C)/C=C(\C=C/C)c1[nH]c2ccc(C3CCNCC3)c(C)c2c1CC. The first-order chi connectivity index (χ1) is 12.6. The van der Waals surface area contributed by atoms with Gasteiger partial charge in [-0.1, -0.05) is 43.4 Å². The first-order valence-electron chi connectivity index (χ1n) is 9.91. The molecule has 0 saturated carbocycles. The summed E-state index contributed by atoms with van der Waals surface area (Å²) in [5.74, 6) is 0.685. The average molecular weight is 349 g/mol. The molecule has 2 nitrogen and oxygen atoms in total. The number of aryl methyl sites for hydroxylation is 2. The lowest BCUT2D eigenvalue weighted by molar-refractivity contribution is 0.459. The van der Waals surface area contributed by atoms with Crippen molar-refractivity contribution >= 4 is 16.5 Å². The minimum atomic E-state index is 0.685. The van der Waals surface area contributed by atoms with E-state index in [1.807, 2.05) is 0 Å². The Labute approximate surface area is 158 Å². The van der Waals surface area contributed by atoms with Gasteiger partial charge in [0.2, 0.25) is 0 Å². The average Bonchev–Trinajstić information content (AvgIpc) is 3.01. The molecule has 0 aliphatic carbocycles. The summed E-state index contributed by atoms with van der Waals surface area (Å²) in [5.41, 5.74) is 9.22. The molecule has 0 unspecified atom stereocenters. The maximum absolute atomic E-state index is 4.07. The standard InChI is InChI=1S/C24H32N2/c1-6-8-19(15-16(3)4)24-20(7-2)23-17(5)21(9-10-22(23)26-24)18-11-13-25-14-12-18/h6,8-10,15,18,25-26H,3,7,11-14H2,1-2,4-5H3/b8-6-,19-15+. The number of hydrogen-bond acceptors (Lipinski definition) is 1. The maximum atomic E-state index is 4.07. The Morgan fingerprint density at radius 3 is 2.62 bits per heavy atom. The van der Waals surface area contributed by atoms with E-state index < -0.39 is 0 Å². The lowest BCUT2D eigenvalue weighted by atomic mass is 9.85. The van der Waals surface area contributed by atoms with Crippen LogP contribution in [0.4, 0.5) is 0 Å². The molecule has 0 bridgehead atoms.